The molecule has 2 rings (SSSR count). The molecule has 0 saturated carbocycles. The summed E-state index contributed by atoms with van der Waals surface area (Å²) in [7, 11) is 3.33. The van der Waals surface area contributed by atoms with Crippen molar-refractivity contribution in [1.82, 2.24) is 10.2 Å². The van der Waals surface area contributed by atoms with E-state index in [4.69, 9.17) is 9.84 Å². The number of aliphatic hydroxyl groups excluding tert-OH is 1. The average molecular weight is 324 g/mol. The minimum Gasteiger partial charge on any atom is -0.497 e. The number of methoxy groups -OCH3 is 1. The van der Waals surface area contributed by atoms with Crippen LogP contribution in [0.5, 0.6) is 5.75 Å². The molecule has 6 heteroatoms. The highest BCUT2D eigenvalue weighted by atomic mass is 32.2. The van der Waals surface area contributed by atoms with E-state index in [0.29, 0.717) is 11.8 Å². The minimum atomic E-state index is -0.120. The molecule has 0 aromatic heterocycles. The first-order valence-electron chi connectivity index (χ1n) is 7.49. The maximum atomic E-state index is 11.9. The van der Waals surface area contributed by atoms with E-state index in [-0.39, 0.29) is 18.6 Å². The second-order valence-electron chi connectivity index (χ2n) is 5.37. The molecule has 1 heterocycles. The number of nitrogens with one attached hydrogen (secondary N) is 1. The summed E-state index contributed by atoms with van der Waals surface area (Å²) in [5, 5.41) is 12.3. The van der Waals surface area contributed by atoms with Crippen LogP contribution in [-0.4, -0.2) is 61.1 Å². The van der Waals surface area contributed by atoms with Crippen LogP contribution in [0.15, 0.2) is 24.3 Å². The highest BCUT2D eigenvalue weighted by Crippen LogP contribution is 2.30. The summed E-state index contributed by atoms with van der Waals surface area (Å²) in [5.74, 6) is 1.83. The largest absolute Gasteiger partial charge is 0.497 e. The topological polar surface area (TPSA) is 61.8 Å². The van der Waals surface area contributed by atoms with E-state index >= 15 is 0 Å². The number of rotatable bonds is 7. The third kappa shape index (κ3) is 4.38. The molecule has 122 valence electrons. The van der Waals surface area contributed by atoms with Crippen molar-refractivity contribution in [2.45, 2.75) is 23.5 Å². The van der Waals surface area contributed by atoms with Crippen LogP contribution in [0.3, 0.4) is 0 Å². The van der Waals surface area contributed by atoms with Gasteiger partial charge in [0.05, 0.1) is 19.8 Å². The zero-order valence-electron chi connectivity index (χ0n) is 13.1. The van der Waals surface area contributed by atoms with Gasteiger partial charge >= 0.3 is 0 Å². The lowest BCUT2D eigenvalue weighted by Gasteiger charge is -2.21. The van der Waals surface area contributed by atoms with Crippen molar-refractivity contribution in [2.75, 3.05) is 33.9 Å². The first-order chi connectivity index (χ1) is 10.7. The summed E-state index contributed by atoms with van der Waals surface area (Å²) in [6, 6.07) is 7.96. The Morgan fingerprint density at radius 2 is 2.18 bits per heavy atom. The average Bonchev–Trinajstić information content (AvgIpc) is 2.96. The number of ether oxygens (including phenoxy) is 1. The summed E-state index contributed by atoms with van der Waals surface area (Å²) in [6.07, 6.45) is 0.834. The number of nitrogens with zero attached hydrogens (tertiary/aromatic N) is 1. The van der Waals surface area contributed by atoms with E-state index in [2.05, 4.69) is 22.3 Å². The zero-order chi connectivity index (χ0) is 15.9. The van der Waals surface area contributed by atoms with Gasteiger partial charge in [0.2, 0.25) is 5.91 Å². The second-order valence-corrected chi connectivity index (χ2v) is 6.65. The Morgan fingerprint density at radius 1 is 1.45 bits per heavy atom. The fraction of sp³-hybridized carbons (Fsp3) is 0.562. The molecule has 1 aliphatic heterocycles. The smallest absolute Gasteiger partial charge is 0.237 e. The van der Waals surface area contributed by atoms with E-state index in [9.17, 15) is 4.79 Å². The number of carbonyl (C=O) groups is 1. The number of hydrogen-bond donors (Lipinski definition) is 2. The molecule has 22 heavy (non-hydrogen) atoms. The fourth-order valence-corrected chi connectivity index (χ4v) is 3.97. The monoisotopic (exact) mass is 324 g/mol. The summed E-state index contributed by atoms with van der Waals surface area (Å²) < 4.78 is 5.16. The molecular weight excluding hydrogens is 300 g/mol. The number of amides is 1. The van der Waals surface area contributed by atoms with Crippen LogP contribution in [0.4, 0.5) is 0 Å². The standard InChI is InChI=1S/C16H24N2O3S/c1-17-16(20)15-9-14(10-18(15)7-8-19)22-11-12-3-5-13(21-2)6-4-12/h3-6,14-15,19H,7-11H2,1-2H3,(H,17,20). The maximum absolute atomic E-state index is 11.9. The SMILES string of the molecule is CNC(=O)C1CC(SCc2ccc(OC)cc2)CN1CCO. The molecule has 1 aromatic carbocycles. The van der Waals surface area contributed by atoms with Crippen LogP contribution in [0, 0.1) is 0 Å². The zero-order valence-corrected chi connectivity index (χ0v) is 13.9. The molecule has 1 fully saturated rings. The van der Waals surface area contributed by atoms with E-state index in [1.807, 2.05) is 23.9 Å². The summed E-state index contributed by atoms with van der Waals surface area (Å²) >= 11 is 1.87. The number of hydrogen-bond acceptors (Lipinski definition) is 5. The van der Waals surface area contributed by atoms with Crippen LogP contribution in [-0.2, 0) is 10.5 Å². The van der Waals surface area contributed by atoms with E-state index in [1.165, 1.54) is 5.56 Å². The van der Waals surface area contributed by atoms with Gasteiger partial charge in [0.1, 0.15) is 5.75 Å². The molecule has 0 radical (unpaired) electrons. The van der Waals surface area contributed by atoms with Gasteiger partial charge in [-0.3, -0.25) is 9.69 Å². The lowest BCUT2D eigenvalue weighted by Crippen LogP contribution is -2.42. The maximum Gasteiger partial charge on any atom is 0.237 e. The number of benzene rings is 1. The molecule has 2 unspecified atom stereocenters. The first-order valence-corrected chi connectivity index (χ1v) is 8.53. The molecule has 1 aliphatic rings. The highest BCUT2D eigenvalue weighted by Gasteiger charge is 2.35. The van der Waals surface area contributed by atoms with Gasteiger partial charge in [-0.15, -0.1) is 0 Å². The van der Waals surface area contributed by atoms with Gasteiger partial charge in [-0.2, -0.15) is 11.8 Å². The van der Waals surface area contributed by atoms with Gasteiger partial charge in [0.25, 0.3) is 0 Å². The number of likely N-dealkylation sites (N-methyl/N-ethyl adjacent to an activating group) is 1. The fourth-order valence-electron chi connectivity index (χ4n) is 2.73. The van der Waals surface area contributed by atoms with Crippen molar-refractivity contribution in [2.24, 2.45) is 0 Å². The molecule has 0 bridgehead atoms. The van der Waals surface area contributed by atoms with Crippen molar-refractivity contribution in [1.29, 1.82) is 0 Å². The second kappa shape index (κ2) is 8.41. The predicted octanol–water partition coefficient (Wildman–Crippen LogP) is 1.11. The third-order valence-electron chi connectivity index (χ3n) is 3.95. The van der Waals surface area contributed by atoms with Crippen molar-refractivity contribution in [3.63, 3.8) is 0 Å². The number of likely N-dealkylation sites (tertiary alicyclic amines) is 1. The number of β-amino-alcohol motifs (C(OH)–C–C–N with tert-alkyl or cyclic N) is 1. The highest BCUT2D eigenvalue weighted by molar-refractivity contribution is 7.99. The van der Waals surface area contributed by atoms with Gasteiger partial charge in [0, 0.05) is 31.1 Å². The lowest BCUT2D eigenvalue weighted by molar-refractivity contribution is -0.125. The molecule has 1 amide bonds. The first kappa shape index (κ1) is 17.1. The Kier molecular flexibility index (Phi) is 6.54. The summed E-state index contributed by atoms with van der Waals surface area (Å²) in [4.78, 5) is 14.0. The van der Waals surface area contributed by atoms with Crippen LogP contribution < -0.4 is 10.1 Å². The normalized spacial score (nSPS) is 21.8. The Balaban J connectivity index is 1.88. The number of carbonyl (C=O) groups excluding carboxylic acids is 1. The molecule has 0 aliphatic carbocycles. The lowest BCUT2D eigenvalue weighted by atomic mass is 10.2. The van der Waals surface area contributed by atoms with E-state index < -0.39 is 0 Å². The van der Waals surface area contributed by atoms with Crippen molar-refractivity contribution >= 4 is 17.7 Å². The Hall–Kier alpha value is -1.24. The van der Waals surface area contributed by atoms with Crippen molar-refractivity contribution in [3.8, 4) is 5.75 Å². The Morgan fingerprint density at radius 3 is 2.77 bits per heavy atom. The third-order valence-corrected chi connectivity index (χ3v) is 5.26. The van der Waals surface area contributed by atoms with Gasteiger partial charge in [-0.1, -0.05) is 12.1 Å². The Labute approximate surface area is 136 Å². The molecule has 2 atom stereocenters. The van der Waals surface area contributed by atoms with Crippen LogP contribution in [0.1, 0.15) is 12.0 Å². The molecule has 2 N–H and O–H groups in total. The van der Waals surface area contributed by atoms with Crippen molar-refractivity contribution in [3.05, 3.63) is 29.8 Å². The number of aliphatic hydroxyl groups is 1. The van der Waals surface area contributed by atoms with Crippen molar-refractivity contribution < 1.29 is 14.6 Å². The van der Waals surface area contributed by atoms with Gasteiger partial charge in [-0.25, -0.2) is 0 Å². The van der Waals surface area contributed by atoms with Gasteiger partial charge < -0.3 is 15.2 Å². The minimum absolute atomic E-state index is 0.0426. The van der Waals surface area contributed by atoms with Gasteiger partial charge in [0.15, 0.2) is 0 Å². The van der Waals surface area contributed by atoms with E-state index in [1.54, 1.807) is 14.2 Å². The van der Waals surface area contributed by atoms with E-state index in [0.717, 1.165) is 24.5 Å². The van der Waals surface area contributed by atoms with Crippen LogP contribution in [0.2, 0.25) is 0 Å². The van der Waals surface area contributed by atoms with Gasteiger partial charge in [-0.05, 0) is 24.1 Å². The molecule has 5 nitrogen and oxygen atoms in total. The summed E-state index contributed by atoms with van der Waals surface area (Å²) in [6.45, 7) is 1.49. The molecule has 0 spiro atoms. The van der Waals surface area contributed by atoms with Crippen LogP contribution >= 0.6 is 11.8 Å². The quantitative estimate of drug-likeness (QED) is 0.787. The Bertz CT molecular complexity index is 481. The molecule has 1 aromatic rings. The molecular formula is C16H24N2O3S. The van der Waals surface area contributed by atoms with Crippen LogP contribution in [0.25, 0.3) is 0 Å². The predicted molar refractivity (Wildman–Crippen MR) is 89.2 cm³/mol. The summed E-state index contributed by atoms with van der Waals surface area (Å²) in [5.41, 5.74) is 1.25. The molecule has 1 saturated heterocycles. The number of thioether (sulfide) groups is 1.